The van der Waals surface area contributed by atoms with Crippen LogP contribution in [0.4, 0.5) is 4.79 Å². The average Bonchev–Trinajstić information content (AvgIpc) is 3.28. The highest BCUT2D eigenvalue weighted by Crippen LogP contribution is 2.41. The average molecular weight is 259 g/mol. The molecule has 0 heterocycles. The van der Waals surface area contributed by atoms with Gasteiger partial charge in [0.25, 0.3) is 0 Å². The van der Waals surface area contributed by atoms with Crippen LogP contribution >= 0.6 is 0 Å². The predicted molar refractivity (Wildman–Crippen MR) is 71.4 cm³/mol. The highest BCUT2D eigenvalue weighted by atomic mass is 16.8. The number of ether oxygens (including phenoxy) is 1. The Labute approximate surface area is 112 Å². The maximum Gasteiger partial charge on any atom is 0.534 e. The van der Waals surface area contributed by atoms with E-state index in [1.807, 2.05) is 0 Å². The largest absolute Gasteiger partial charge is 0.534 e. The van der Waals surface area contributed by atoms with Crippen molar-refractivity contribution < 1.29 is 14.4 Å². The lowest BCUT2D eigenvalue weighted by atomic mass is 9.88. The van der Waals surface area contributed by atoms with E-state index in [0.29, 0.717) is 0 Å². The lowest BCUT2D eigenvalue weighted by Gasteiger charge is -2.18. The van der Waals surface area contributed by atoms with Crippen molar-refractivity contribution in [3.05, 3.63) is 34.9 Å². The van der Waals surface area contributed by atoms with E-state index in [9.17, 15) is 4.79 Å². The van der Waals surface area contributed by atoms with Crippen LogP contribution in [0.3, 0.4) is 0 Å². The lowest BCUT2D eigenvalue weighted by molar-refractivity contribution is 0.0751. The minimum Gasteiger partial charge on any atom is -0.436 e. The number of fused-ring (bicyclic) bond motifs is 1. The standard InChI is InChI=1S/C15H17NO3/c1-18-15(17)19-16-14-4-2-3-12-9-11(10-5-6-10)7-8-13(12)14/h7-10H,2-6H2,1H3/b16-14+. The van der Waals surface area contributed by atoms with Gasteiger partial charge in [0.2, 0.25) is 0 Å². The van der Waals surface area contributed by atoms with E-state index < -0.39 is 6.16 Å². The van der Waals surface area contributed by atoms with Crippen LogP contribution in [0.2, 0.25) is 0 Å². The van der Waals surface area contributed by atoms with E-state index in [-0.39, 0.29) is 0 Å². The maximum absolute atomic E-state index is 11.0. The van der Waals surface area contributed by atoms with E-state index in [1.165, 1.54) is 31.1 Å². The molecule has 0 radical (unpaired) electrons. The molecule has 19 heavy (non-hydrogen) atoms. The Kier molecular flexibility index (Phi) is 3.23. The van der Waals surface area contributed by atoms with E-state index in [2.05, 4.69) is 28.1 Å². The number of hydrogen-bond acceptors (Lipinski definition) is 4. The first-order valence-corrected chi connectivity index (χ1v) is 6.73. The Bertz CT molecular complexity index is 532. The number of carbonyl (C=O) groups excluding carboxylic acids is 1. The van der Waals surface area contributed by atoms with Crippen LogP contribution in [0.15, 0.2) is 23.4 Å². The summed E-state index contributed by atoms with van der Waals surface area (Å²) in [5.74, 6) is 0.763. The number of benzene rings is 1. The van der Waals surface area contributed by atoms with E-state index in [4.69, 9.17) is 4.84 Å². The molecule has 3 rings (SSSR count). The van der Waals surface area contributed by atoms with E-state index >= 15 is 0 Å². The van der Waals surface area contributed by atoms with Crippen LogP contribution in [0.25, 0.3) is 0 Å². The summed E-state index contributed by atoms with van der Waals surface area (Å²) >= 11 is 0. The zero-order valence-corrected chi connectivity index (χ0v) is 11.0. The van der Waals surface area contributed by atoms with Crippen LogP contribution < -0.4 is 0 Å². The maximum atomic E-state index is 11.0. The van der Waals surface area contributed by atoms with Gasteiger partial charge in [-0.25, -0.2) is 4.79 Å². The summed E-state index contributed by atoms with van der Waals surface area (Å²) < 4.78 is 4.42. The fourth-order valence-corrected chi connectivity index (χ4v) is 2.58. The van der Waals surface area contributed by atoms with Gasteiger partial charge in [0.15, 0.2) is 0 Å². The van der Waals surface area contributed by atoms with Gasteiger partial charge in [0.1, 0.15) is 0 Å². The zero-order valence-electron chi connectivity index (χ0n) is 11.0. The topological polar surface area (TPSA) is 47.9 Å². The monoisotopic (exact) mass is 259 g/mol. The quantitative estimate of drug-likeness (QED) is 0.464. The van der Waals surface area contributed by atoms with Gasteiger partial charge in [-0.2, -0.15) is 0 Å². The van der Waals surface area contributed by atoms with Gasteiger partial charge in [0.05, 0.1) is 12.8 Å². The molecule has 0 unspecified atom stereocenters. The molecule has 0 aromatic heterocycles. The molecule has 0 atom stereocenters. The first-order chi connectivity index (χ1) is 9.28. The Hall–Kier alpha value is -1.84. The molecule has 0 bridgehead atoms. The van der Waals surface area contributed by atoms with Crippen molar-refractivity contribution in [3.63, 3.8) is 0 Å². The predicted octanol–water partition coefficient (Wildman–Crippen LogP) is 3.39. The van der Waals surface area contributed by atoms with Gasteiger partial charge in [-0.1, -0.05) is 23.4 Å². The summed E-state index contributed by atoms with van der Waals surface area (Å²) in [5.41, 5.74) is 4.71. The Morgan fingerprint density at radius 3 is 2.89 bits per heavy atom. The first-order valence-electron chi connectivity index (χ1n) is 6.73. The number of oxime groups is 1. The molecule has 0 N–H and O–H groups in total. The highest BCUT2D eigenvalue weighted by molar-refractivity contribution is 6.02. The highest BCUT2D eigenvalue weighted by Gasteiger charge is 2.25. The number of methoxy groups -OCH3 is 1. The third-order valence-corrected chi connectivity index (χ3v) is 3.75. The molecule has 1 aromatic carbocycles. The minimum atomic E-state index is -0.769. The fraction of sp³-hybridized carbons (Fsp3) is 0.467. The first kappa shape index (κ1) is 12.2. The summed E-state index contributed by atoms with van der Waals surface area (Å²) in [7, 11) is 1.28. The van der Waals surface area contributed by atoms with Gasteiger partial charge in [-0.15, -0.1) is 0 Å². The number of nitrogens with zero attached hydrogens (tertiary/aromatic N) is 1. The third kappa shape index (κ3) is 2.62. The second-order valence-corrected chi connectivity index (χ2v) is 5.13. The van der Waals surface area contributed by atoms with Crippen LogP contribution in [0.5, 0.6) is 0 Å². The fourth-order valence-electron chi connectivity index (χ4n) is 2.58. The number of carbonyl (C=O) groups is 1. The van der Waals surface area contributed by atoms with Gasteiger partial charge < -0.3 is 4.74 Å². The number of rotatable bonds is 2. The summed E-state index contributed by atoms with van der Waals surface area (Å²) in [5, 5.41) is 3.93. The second kappa shape index (κ2) is 5.03. The molecule has 0 spiro atoms. The number of aryl methyl sites for hydroxylation is 1. The summed E-state index contributed by atoms with van der Waals surface area (Å²) in [6.45, 7) is 0. The van der Waals surface area contributed by atoms with Crippen molar-refractivity contribution in [2.45, 2.75) is 38.0 Å². The van der Waals surface area contributed by atoms with Crippen molar-refractivity contribution in [3.8, 4) is 0 Å². The Morgan fingerprint density at radius 2 is 2.16 bits per heavy atom. The van der Waals surface area contributed by atoms with Crippen LogP contribution in [-0.4, -0.2) is 19.0 Å². The smallest absolute Gasteiger partial charge is 0.436 e. The molecule has 4 nitrogen and oxygen atoms in total. The SMILES string of the molecule is COC(=O)O/N=C1\CCCc2cc(C3CC3)ccc21. The van der Waals surface area contributed by atoms with Crippen molar-refractivity contribution in [2.24, 2.45) is 5.16 Å². The van der Waals surface area contributed by atoms with Gasteiger partial charge in [-0.3, -0.25) is 4.84 Å². The normalized spacial score (nSPS) is 19.9. The molecular weight excluding hydrogens is 242 g/mol. The third-order valence-electron chi connectivity index (χ3n) is 3.75. The zero-order chi connectivity index (χ0) is 13.2. The number of hydrogen-bond donors (Lipinski definition) is 0. The molecule has 4 heteroatoms. The van der Waals surface area contributed by atoms with Crippen molar-refractivity contribution in [2.75, 3.05) is 7.11 Å². The van der Waals surface area contributed by atoms with Crippen LogP contribution in [0.1, 0.15) is 48.3 Å². The summed E-state index contributed by atoms with van der Waals surface area (Å²) in [4.78, 5) is 15.7. The molecular formula is C15H17NO3. The summed E-state index contributed by atoms with van der Waals surface area (Å²) in [6.07, 6.45) is 4.81. The molecule has 1 aromatic rings. The van der Waals surface area contributed by atoms with E-state index in [0.717, 1.165) is 36.5 Å². The molecule has 1 fully saturated rings. The molecule has 2 aliphatic carbocycles. The Morgan fingerprint density at radius 1 is 1.32 bits per heavy atom. The second-order valence-electron chi connectivity index (χ2n) is 5.13. The van der Waals surface area contributed by atoms with E-state index in [1.54, 1.807) is 0 Å². The summed E-state index contributed by atoms with van der Waals surface area (Å²) in [6, 6.07) is 6.58. The molecule has 1 saturated carbocycles. The van der Waals surface area contributed by atoms with Gasteiger partial charge in [0, 0.05) is 5.56 Å². The van der Waals surface area contributed by atoms with Crippen LogP contribution in [0, 0.1) is 0 Å². The van der Waals surface area contributed by atoms with Gasteiger partial charge in [-0.05, 0) is 49.1 Å². The minimum absolute atomic E-state index is 0.763. The molecule has 0 saturated heterocycles. The molecule has 2 aliphatic rings. The van der Waals surface area contributed by atoms with Crippen molar-refractivity contribution >= 4 is 11.9 Å². The Balaban J connectivity index is 1.85. The molecule has 0 amide bonds. The lowest BCUT2D eigenvalue weighted by Crippen LogP contribution is -2.14. The molecule has 0 aliphatic heterocycles. The van der Waals surface area contributed by atoms with Gasteiger partial charge >= 0.3 is 6.16 Å². The molecule has 100 valence electrons. The van der Waals surface area contributed by atoms with Crippen molar-refractivity contribution in [1.29, 1.82) is 0 Å². The van der Waals surface area contributed by atoms with Crippen molar-refractivity contribution in [1.82, 2.24) is 0 Å². The van der Waals surface area contributed by atoms with Crippen LogP contribution in [-0.2, 0) is 16.0 Å².